The van der Waals surface area contributed by atoms with Crippen molar-refractivity contribution in [2.24, 2.45) is 0 Å². The molecule has 2 aromatic carbocycles. The molecule has 9 nitrogen and oxygen atoms in total. The number of alkyl halides is 3. The monoisotopic (exact) mass is 657 g/mol. The number of carbonyl (C=O) groups is 2. The molecule has 1 unspecified atom stereocenters. The molecule has 0 radical (unpaired) electrons. The van der Waals surface area contributed by atoms with Crippen LogP contribution in [0.5, 0.6) is 17.2 Å². The lowest BCUT2D eigenvalue weighted by Gasteiger charge is -2.41. The maximum atomic E-state index is 14.9. The molecule has 2 saturated carbocycles. The summed E-state index contributed by atoms with van der Waals surface area (Å²) in [5, 5.41) is 16.6. The van der Waals surface area contributed by atoms with Gasteiger partial charge in [-0.2, -0.15) is 13.2 Å². The average molecular weight is 658 g/mol. The number of pyridine rings is 1. The molecule has 0 spiro atoms. The zero-order valence-corrected chi connectivity index (χ0v) is 26.1. The third-order valence-electron chi connectivity index (χ3n) is 9.21. The van der Waals surface area contributed by atoms with Crippen molar-refractivity contribution in [1.82, 2.24) is 15.6 Å². The molecule has 1 aromatic heterocycles. The van der Waals surface area contributed by atoms with Gasteiger partial charge in [-0.1, -0.05) is 0 Å². The molecule has 3 N–H and O–H groups in total. The van der Waals surface area contributed by atoms with Crippen molar-refractivity contribution in [3.05, 3.63) is 71.2 Å². The molecule has 6 rings (SSSR count). The molecule has 2 atom stereocenters. The number of methoxy groups -OCH3 is 1. The standard InChI is InChI=1S/C34H35F4N3O6/c1-31(13-4-14-31)41-30(43)32(2)18-46-28-23(32)16-26(40-27(28)19-5-8-21(35)9-6-19)33(44,34(36,37)38)17-39-29(42)20-7-12-24(25(15-20)45-3)47-22-10-11-22/h5-9,12,15-16,22,44H,4,10-11,13-14,17-18H2,1-3H3,(H,39,42)(H,41,43)/t32-,33?/m0/s1. The highest BCUT2D eigenvalue weighted by Crippen LogP contribution is 2.48. The Bertz CT molecular complexity index is 1710. The zero-order valence-electron chi connectivity index (χ0n) is 26.1. The number of hydrogen-bond donors (Lipinski definition) is 3. The van der Waals surface area contributed by atoms with Crippen molar-refractivity contribution < 1.29 is 46.5 Å². The largest absolute Gasteiger partial charge is 0.493 e. The lowest BCUT2D eigenvalue weighted by molar-refractivity contribution is -0.265. The minimum atomic E-state index is -5.33. The Hall–Kier alpha value is -4.39. The lowest BCUT2D eigenvalue weighted by atomic mass is 9.76. The van der Waals surface area contributed by atoms with E-state index in [1.807, 2.05) is 6.92 Å². The molecule has 13 heteroatoms. The van der Waals surface area contributed by atoms with E-state index >= 15 is 0 Å². The van der Waals surface area contributed by atoms with Gasteiger partial charge in [0.05, 0.1) is 25.5 Å². The summed E-state index contributed by atoms with van der Waals surface area (Å²) >= 11 is 0. The van der Waals surface area contributed by atoms with E-state index in [0.29, 0.717) is 5.75 Å². The normalized spacial score (nSPS) is 21.0. The number of benzene rings is 2. The topological polar surface area (TPSA) is 119 Å². The summed E-state index contributed by atoms with van der Waals surface area (Å²) in [6.45, 7) is 1.93. The Balaban J connectivity index is 1.37. The number of rotatable bonds is 10. The minimum absolute atomic E-state index is 0.0226. The summed E-state index contributed by atoms with van der Waals surface area (Å²) in [5.74, 6) is -1.27. The van der Waals surface area contributed by atoms with Crippen LogP contribution in [0.3, 0.4) is 0 Å². The van der Waals surface area contributed by atoms with Crippen LogP contribution in [0.2, 0.25) is 0 Å². The molecule has 0 saturated heterocycles. The van der Waals surface area contributed by atoms with E-state index in [2.05, 4.69) is 15.6 Å². The fraction of sp³-hybridized carbons (Fsp3) is 0.441. The molecule has 2 aliphatic carbocycles. The first-order chi connectivity index (χ1) is 22.2. The van der Waals surface area contributed by atoms with E-state index in [1.165, 1.54) is 37.4 Å². The van der Waals surface area contributed by atoms with Gasteiger partial charge in [0.1, 0.15) is 29.3 Å². The molecule has 3 aromatic rings. The van der Waals surface area contributed by atoms with Crippen LogP contribution in [0.25, 0.3) is 11.3 Å². The molecule has 47 heavy (non-hydrogen) atoms. The predicted octanol–water partition coefficient (Wildman–Crippen LogP) is 5.33. The zero-order chi connectivity index (χ0) is 33.8. The summed E-state index contributed by atoms with van der Waals surface area (Å²) in [6, 6.07) is 10.1. The van der Waals surface area contributed by atoms with Crippen LogP contribution in [0, 0.1) is 5.82 Å². The van der Waals surface area contributed by atoms with E-state index in [0.717, 1.165) is 50.3 Å². The van der Waals surface area contributed by atoms with Crippen LogP contribution in [0.4, 0.5) is 17.6 Å². The number of carbonyl (C=O) groups excluding carboxylic acids is 2. The second-order valence-corrected chi connectivity index (χ2v) is 13.0. The van der Waals surface area contributed by atoms with Gasteiger partial charge in [-0.05, 0) is 94.5 Å². The van der Waals surface area contributed by atoms with Crippen LogP contribution in [0.15, 0.2) is 48.5 Å². The number of aliphatic hydroxyl groups is 1. The molecule has 2 amide bonds. The number of aromatic nitrogens is 1. The molecule has 2 heterocycles. The third-order valence-corrected chi connectivity index (χ3v) is 9.21. The molecule has 2 fully saturated rings. The predicted molar refractivity (Wildman–Crippen MR) is 162 cm³/mol. The van der Waals surface area contributed by atoms with Gasteiger partial charge >= 0.3 is 6.18 Å². The van der Waals surface area contributed by atoms with E-state index < -0.39 is 52.6 Å². The SMILES string of the molecule is COc1cc(C(=O)NCC(O)(c2cc3c(c(-c4ccc(F)cc4)n2)OC[C@]3(C)C(=O)NC2(C)CCC2)C(F)(F)F)ccc1OC1CC1. The third kappa shape index (κ3) is 6.08. The first kappa shape index (κ1) is 32.5. The fourth-order valence-electron chi connectivity index (χ4n) is 5.75. The Kier molecular flexibility index (Phi) is 8.10. The van der Waals surface area contributed by atoms with Gasteiger partial charge in [0.25, 0.3) is 5.91 Å². The highest BCUT2D eigenvalue weighted by Gasteiger charge is 2.58. The highest BCUT2D eigenvalue weighted by molar-refractivity contribution is 5.95. The van der Waals surface area contributed by atoms with Crippen molar-refractivity contribution in [2.75, 3.05) is 20.3 Å². The maximum Gasteiger partial charge on any atom is 0.424 e. The van der Waals surface area contributed by atoms with Gasteiger partial charge in [0.15, 0.2) is 11.5 Å². The molecular formula is C34H35F4N3O6. The van der Waals surface area contributed by atoms with Crippen molar-refractivity contribution in [2.45, 2.75) is 74.8 Å². The van der Waals surface area contributed by atoms with Gasteiger partial charge in [-0.3, -0.25) is 9.59 Å². The number of ether oxygens (including phenoxy) is 3. The second-order valence-electron chi connectivity index (χ2n) is 13.0. The first-order valence-corrected chi connectivity index (χ1v) is 15.4. The van der Waals surface area contributed by atoms with Gasteiger partial charge in [-0.25, -0.2) is 9.37 Å². The summed E-state index contributed by atoms with van der Waals surface area (Å²) in [6.07, 6.45) is -1.09. The number of fused-ring (bicyclic) bond motifs is 1. The average Bonchev–Trinajstić information content (AvgIpc) is 3.78. The summed E-state index contributed by atoms with van der Waals surface area (Å²) in [4.78, 5) is 31.0. The van der Waals surface area contributed by atoms with Gasteiger partial charge in [-0.15, -0.1) is 0 Å². The van der Waals surface area contributed by atoms with Gasteiger partial charge in [0.2, 0.25) is 11.5 Å². The minimum Gasteiger partial charge on any atom is -0.493 e. The number of nitrogens with one attached hydrogen (secondary N) is 2. The van der Waals surface area contributed by atoms with E-state index in [9.17, 15) is 32.3 Å². The van der Waals surface area contributed by atoms with Crippen molar-refractivity contribution in [3.8, 4) is 28.5 Å². The van der Waals surface area contributed by atoms with Crippen LogP contribution in [0.1, 0.15) is 67.6 Å². The van der Waals surface area contributed by atoms with Crippen LogP contribution in [-0.2, 0) is 15.8 Å². The van der Waals surface area contributed by atoms with Gasteiger partial charge in [0, 0.05) is 22.2 Å². The number of nitrogens with zero attached hydrogens (tertiary/aromatic N) is 1. The quantitative estimate of drug-likeness (QED) is 0.253. The highest BCUT2D eigenvalue weighted by atomic mass is 19.4. The van der Waals surface area contributed by atoms with Crippen LogP contribution in [-0.4, -0.2) is 60.0 Å². The number of hydrogen-bond acceptors (Lipinski definition) is 7. The Labute approximate surface area is 268 Å². The van der Waals surface area contributed by atoms with Crippen molar-refractivity contribution >= 4 is 11.8 Å². The van der Waals surface area contributed by atoms with Crippen molar-refractivity contribution in [3.63, 3.8) is 0 Å². The summed E-state index contributed by atoms with van der Waals surface area (Å²) in [5.41, 5.74) is -6.34. The molecule has 250 valence electrons. The molecule has 0 bridgehead atoms. The summed E-state index contributed by atoms with van der Waals surface area (Å²) in [7, 11) is 1.38. The fourth-order valence-corrected chi connectivity index (χ4v) is 5.75. The second kappa shape index (κ2) is 11.7. The maximum absolute atomic E-state index is 14.9. The Morgan fingerprint density at radius 1 is 1.06 bits per heavy atom. The Morgan fingerprint density at radius 2 is 1.77 bits per heavy atom. The van der Waals surface area contributed by atoms with Gasteiger partial charge < -0.3 is 30.0 Å². The lowest BCUT2D eigenvalue weighted by Crippen LogP contribution is -2.56. The van der Waals surface area contributed by atoms with Crippen LogP contribution < -0.4 is 24.8 Å². The van der Waals surface area contributed by atoms with E-state index in [-0.39, 0.29) is 46.6 Å². The van der Waals surface area contributed by atoms with Crippen molar-refractivity contribution in [1.29, 1.82) is 0 Å². The number of amides is 2. The first-order valence-electron chi connectivity index (χ1n) is 15.4. The number of halogens is 4. The smallest absolute Gasteiger partial charge is 0.424 e. The molecule has 1 aliphatic heterocycles. The molecular weight excluding hydrogens is 622 g/mol. The van der Waals surface area contributed by atoms with E-state index in [4.69, 9.17) is 14.2 Å². The molecule has 3 aliphatic rings. The Morgan fingerprint density at radius 3 is 2.36 bits per heavy atom. The van der Waals surface area contributed by atoms with E-state index in [1.54, 1.807) is 6.92 Å². The summed E-state index contributed by atoms with van der Waals surface area (Å²) < 4.78 is 75.4. The van der Waals surface area contributed by atoms with Crippen LogP contribution >= 0.6 is 0 Å².